The van der Waals surface area contributed by atoms with Gasteiger partial charge in [-0.1, -0.05) is 297 Å². The van der Waals surface area contributed by atoms with Crippen LogP contribution in [0.5, 0.6) is 11.5 Å². The molecular formula is C64H112O. The average molecular weight is 898 g/mol. The molecule has 0 aromatic heterocycles. The van der Waals surface area contributed by atoms with E-state index in [1.54, 1.807) is 0 Å². The number of benzene rings is 2. The Kier molecular flexibility index (Phi) is 42.0. The summed E-state index contributed by atoms with van der Waals surface area (Å²) < 4.78 is 7.20. The van der Waals surface area contributed by atoms with Crippen molar-refractivity contribution >= 4 is 0 Å². The van der Waals surface area contributed by atoms with Crippen molar-refractivity contribution in [3.05, 3.63) is 58.7 Å². The van der Waals surface area contributed by atoms with Crippen molar-refractivity contribution in [1.82, 2.24) is 0 Å². The Hall–Kier alpha value is -1.76. The van der Waals surface area contributed by atoms with E-state index < -0.39 is 0 Å². The third-order valence-corrected chi connectivity index (χ3v) is 14.6. The molecule has 2 aromatic carbocycles. The lowest BCUT2D eigenvalue weighted by Crippen LogP contribution is -2.08. The minimum Gasteiger partial charge on any atom is -0.457 e. The van der Waals surface area contributed by atoms with E-state index in [0.717, 1.165) is 31.4 Å². The van der Waals surface area contributed by atoms with Crippen molar-refractivity contribution in [1.29, 1.82) is 0 Å². The summed E-state index contributed by atoms with van der Waals surface area (Å²) in [5.74, 6) is 2.22. The van der Waals surface area contributed by atoms with E-state index in [1.165, 1.54) is 311 Å². The number of hydrogen-bond donors (Lipinski definition) is 0. The Morgan fingerprint density at radius 2 is 0.523 bits per heavy atom. The molecule has 0 spiro atoms. The SMILES string of the molecule is CCCCCCCCCCCCCc1[c]c(CCCCCCCCCCCCC)c(CCCCCCCCCCCCC)c(Oc2cc[c]cc2)c1CCCCCCCCCCCCC. The zero-order valence-electron chi connectivity index (χ0n) is 44.7. The van der Waals surface area contributed by atoms with Crippen molar-refractivity contribution in [3.8, 4) is 11.5 Å². The lowest BCUT2D eigenvalue weighted by atomic mass is 9.86. The van der Waals surface area contributed by atoms with Gasteiger partial charge >= 0.3 is 0 Å². The average Bonchev–Trinajstić information content (AvgIpc) is 3.32. The standard InChI is InChI=1S/C64H112O/c1-5-9-13-17-21-25-29-33-37-41-46-52-59-58-60(53-47-42-38-34-30-26-22-18-14-10-6-2)63(57-51-44-40-36-32-28-24-20-16-12-8-4)64(65-61-54-48-45-49-55-61)62(59)56-50-43-39-35-31-27-23-19-15-11-7-3/h48-49,54-55H,5-44,46-47,50-53,56-57H2,1-4H3. The van der Waals surface area contributed by atoms with Gasteiger partial charge in [-0.15, -0.1) is 0 Å². The highest BCUT2D eigenvalue weighted by atomic mass is 16.5. The molecule has 0 atom stereocenters. The van der Waals surface area contributed by atoms with Gasteiger partial charge in [0.2, 0.25) is 0 Å². The maximum Gasteiger partial charge on any atom is 0.134 e. The first kappa shape index (κ1) is 59.4. The van der Waals surface area contributed by atoms with Gasteiger partial charge in [-0.05, 0) is 97.9 Å². The molecule has 0 saturated carbocycles. The molecule has 0 amide bonds. The Morgan fingerprint density at radius 3 is 0.785 bits per heavy atom. The van der Waals surface area contributed by atoms with Gasteiger partial charge in [0.15, 0.2) is 0 Å². The van der Waals surface area contributed by atoms with Crippen LogP contribution in [0.2, 0.25) is 0 Å². The van der Waals surface area contributed by atoms with E-state index >= 15 is 0 Å². The van der Waals surface area contributed by atoms with Gasteiger partial charge in [0.25, 0.3) is 0 Å². The molecule has 0 bridgehead atoms. The fraction of sp³-hybridized carbons (Fsp3) is 0.812. The van der Waals surface area contributed by atoms with Gasteiger partial charge in [0.1, 0.15) is 11.5 Å². The highest BCUT2D eigenvalue weighted by molar-refractivity contribution is 5.53. The second-order valence-electron chi connectivity index (χ2n) is 20.8. The van der Waals surface area contributed by atoms with Crippen LogP contribution in [0.25, 0.3) is 0 Å². The monoisotopic (exact) mass is 897 g/mol. The Morgan fingerprint density at radius 1 is 0.292 bits per heavy atom. The van der Waals surface area contributed by atoms with Crippen LogP contribution in [-0.4, -0.2) is 0 Å². The molecule has 0 saturated heterocycles. The molecule has 0 heterocycles. The largest absolute Gasteiger partial charge is 0.457 e. The molecule has 374 valence electrons. The maximum atomic E-state index is 7.20. The van der Waals surface area contributed by atoms with Crippen LogP contribution in [0.15, 0.2) is 24.3 Å². The van der Waals surface area contributed by atoms with E-state index in [4.69, 9.17) is 4.74 Å². The first-order chi connectivity index (χ1) is 32.2. The van der Waals surface area contributed by atoms with E-state index in [-0.39, 0.29) is 0 Å². The molecule has 0 aliphatic heterocycles. The Balaban J connectivity index is 2.23. The molecule has 2 radical (unpaired) electrons. The van der Waals surface area contributed by atoms with Gasteiger partial charge in [0, 0.05) is 0 Å². The van der Waals surface area contributed by atoms with Gasteiger partial charge in [-0.25, -0.2) is 0 Å². The summed E-state index contributed by atoms with van der Waals surface area (Å²) >= 11 is 0. The number of hydrogen-bond acceptors (Lipinski definition) is 1. The molecule has 0 aliphatic rings. The fourth-order valence-electron chi connectivity index (χ4n) is 10.3. The lowest BCUT2D eigenvalue weighted by molar-refractivity contribution is 0.461. The smallest absolute Gasteiger partial charge is 0.134 e. The van der Waals surface area contributed by atoms with Crippen molar-refractivity contribution in [3.63, 3.8) is 0 Å². The summed E-state index contributed by atoms with van der Waals surface area (Å²) in [6.45, 7) is 9.29. The number of aryl methyl sites for hydroxylation is 2. The van der Waals surface area contributed by atoms with E-state index in [2.05, 4.69) is 52.0 Å². The first-order valence-electron chi connectivity index (χ1n) is 30.0. The zero-order chi connectivity index (χ0) is 46.4. The van der Waals surface area contributed by atoms with Crippen LogP contribution in [0.1, 0.15) is 332 Å². The molecule has 65 heavy (non-hydrogen) atoms. The van der Waals surface area contributed by atoms with Gasteiger partial charge in [-0.3, -0.25) is 0 Å². The molecule has 2 rings (SSSR count). The predicted molar refractivity (Wildman–Crippen MR) is 291 cm³/mol. The summed E-state index contributed by atoms with van der Waals surface area (Å²) in [5.41, 5.74) is 6.04. The molecule has 0 N–H and O–H groups in total. The van der Waals surface area contributed by atoms with E-state index in [0.29, 0.717) is 0 Å². The quantitative estimate of drug-likeness (QED) is 0.0601. The van der Waals surface area contributed by atoms with Crippen LogP contribution >= 0.6 is 0 Å². The Labute approximate surface area is 409 Å². The maximum absolute atomic E-state index is 7.20. The molecule has 1 heteroatoms. The highest BCUT2D eigenvalue weighted by Gasteiger charge is 2.21. The second kappa shape index (κ2) is 46.0. The summed E-state index contributed by atoms with van der Waals surface area (Å²) in [5, 5.41) is 0. The van der Waals surface area contributed by atoms with Crippen molar-refractivity contribution in [2.75, 3.05) is 0 Å². The van der Waals surface area contributed by atoms with Crippen molar-refractivity contribution < 1.29 is 4.74 Å². The van der Waals surface area contributed by atoms with Crippen LogP contribution in [0, 0.1) is 12.1 Å². The number of rotatable bonds is 50. The lowest BCUT2D eigenvalue weighted by Gasteiger charge is -2.23. The Bertz CT molecular complexity index is 1190. The second-order valence-corrected chi connectivity index (χ2v) is 20.8. The van der Waals surface area contributed by atoms with Gasteiger partial charge in [-0.2, -0.15) is 0 Å². The predicted octanol–water partition coefficient (Wildman–Crippen LogP) is 22.5. The zero-order valence-corrected chi connectivity index (χ0v) is 44.7. The third-order valence-electron chi connectivity index (χ3n) is 14.6. The fourth-order valence-corrected chi connectivity index (χ4v) is 10.3. The minimum absolute atomic E-state index is 0.983. The van der Waals surface area contributed by atoms with E-state index in [9.17, 15) is 0 Å². The van der Waals surface area contributed by atoms with Gasteiger partial charge in [0.05, 0.1) is 0 Å². The molecular weight excluding hydrogens is 785 g/mol. The summed E-state index contributed by atoms with van der Waals surface area (Å²) in [6, 6.07) is 15.9. The highest BCUT2D eigenvalue weighted by Crippen LogP contribution is 2.38. The number of unbranched alkanes of at least 4 members (excludes halogenated alkanes) is 40. The summed E-state index contributed by atoms with van der Waals surface area (Å²) in [7, 11) is 0. The van der Waals surface area contributed by atoms with E-state index in [1.807, 2.05) is 12.1 Å². The molecule has 0 unspecified atom stereocenters. The van der Waals surface area contributed by atoms with Crippen LogP contribution in [0.4, 0.5) is 0 Å². The van der Waals surface area contributed by atoms with Crippen LogP contribution < -0.4 is 4.74 Å². The van der Waals surface area contributed by atoms with Gasteiger partial charge < -0.3 is 4.74 Å². The molecule has 0 aliphatic carbocycles. The number of ether oxygens (including phenoxy) is 1. The van der Waals surface area contributed by atoms with Crippen LogP contribution in [-0.2, 0) is 25.7 Å². The third kappa shape index (κ3) is 33.4. The molecule has 0 fully saturated rings. The normalized spacial score (nSPS) is 11.6. The topological polar surface area (TPSA) is 9.23 Å². The summed E-state index contributed by atoms with van der Waals surface area (Å²) in [6.07, 6.45) is 65.9. The molecule has 2 aromatic rings. The van der Waals surface area contributed by atoms with Crippen molar-refractivity contribution in [2.45, 2.75) is 336 Å². The first-order valence-corrected chi connectivity index (χ1v) is 30.0. The molecule has 1 nitrogen and oxygen atoms in total. The van der Waals surface area contributed by atoms with Crippen molar-refractivity contribution in [2.24, 2.45) is 0 Å². The summed E-state index contributed by atoms with van der Waals surface area (Å²) in [4.78, 5) is 0. The van der Waals surface area contributed by atoms with Crippen LogP contribution in [0.3, 0.4) is 0 Å². The minimum atomic E-state index is 0.983.